The van der Waals surface area contributed by atoms with Gasteiger partial charge in [0.05, 0.1) is 12.1 Å². The maximum Gasteiger partial charge on any atom is 0.282 e. The highest BCUT2D eigenvalue weighted by Crippen LogP contribution is 2.31. The number of amides is 1. The van der Waals surface area contributed by atoms with E-state index in [-0.39, 0.29) is 24.1 Å². The molecule has 0 bridgehead atoms. The molecule has 3 aromatic rings. The van der Waals surface area contributed by atoms with Crippen LogP contribution in [0.25, 0.3) is 0 Å². The first-order chi connectivity index (χ1) is 14.7. The Hall–Kier alpha value is -3.31. The molecule has 0 saturated heterocycles. The quantitative estimate of drug-likeness (QED) is 0.466. The van der Waals surface area contributed by atoms with Crippen molar-refractivity contribution >= 4 is 11.7 Å². The third kappa shape index (κ3) is 4.01. The lowest BCUT2D eigenvalue weighted by molar-refractivity contribution is -0.117. The van der Waals surface area contributed by atoms with Crippen LogP contribution in [0.15, 0.2) is 18.3 Å². The molecular weight excluding hydrogens is 428 g/mol. The molecule has 0 aliphatic heterocycles. The van der Waals surface area contributed by atoms with Crippen LogP contribution in [0.2, 0.25) is 0 Å². The Kier molecular flexibility index (Phi) is 5.46. The minimum absolute atomic E-state index is 0.000533. The van der Waals surface area contributed by atoms with Crippen LogP contribution in [0.3, 0.4) is 0 Å². The first kappa shape index (κ1) is 20.9. The highest BCUT2D eigenvalue weighted by molar-refractivity contribution is 5.89. The molecule has 1 aliphatic rings. The van der Waals surface area contributed by atoms with Crippen molar-refractivity contribution < 1.29 is 31.1 Å². The van der Waals surface area contributed by atoms with Crippen LogP contribution < -0.4 is 5.32 Å². The molecule has 2 heterocycles. The summed E-state index contributed by atoms with van der Waals surface area (Å²) in [7, 11) is 0. The van der Waals surface area contributed by atoms with Crippen molar-refractivity contribution in [1.82, 2.24) is 19.6 Å². The Morgan fingerprint density at radius 3 is 2.48 bits per heavy atom. The van der Waals surface area contributed by atoms with Gasteiger partial charge in [0.15, 0.2) is 29.1 Å². The fraction of sp³-hybridized carbons (Fsp3) is 0.316. The van der Waals surface area contributed by atoms with Gasteiger partial charge < -0.3 is 5.32 Å². The van der Waals surface area contributed by atoms with E-state index in [4.69, 9.17) is 0 Å². The molecule has 12 heteroatoms. The minimum atomic E-state index is -2.74. The summed E-state index contributed by atoms with van der Waals surface area (Å²) in [5.74, 6) is -6.75. The number of halogens is 6. The topological polar surface area (TPSA) is 64.7 Å². The highest BCUT2D eigenvalue weighted by atomic mass is 19.3. The zero-order chi connectivity index (χ0) is 22.3. The lowest BCUT2D eigenvalue weighted by Gasteiger charge is -2.07. The number of rotatable bonds is 6. The maximum absolute atomic E-state index is 13.8. The van der Waals surface area contributed by atoms with Crippen LogP contribution in [0, 0.1) is 23.3 Å². The molecule has 0 atom stereocenters. The van der Waals surface area contributed by atoms with Crippen LogP contribution in [0.5, 0.6) is 0 Å². The summed E-state index contributed by atoms with van der Waals surface area (Å²) in [5, 5.41) is 10.2. The number of carbonyl (C=O) groups is 1. The van der Waals surface area contributed by atoms with E-state index >= 15 is 0 Å². The average molecular weight is 443 g/mol. The number of carbonyl (C=O) groups excluding carboxylic acids is 1. The average Bonchev–Trinajstić information content (AvgIpc) is 3.42. The summed E-state index contributed by atoms with van der Waals surface area (Å²) in [5.41, 5.74) is -0.116. The smallest absolute Gasteiger partial charge is 0.282 e. The van der Waals surface area contributed by atoms with Crippen LogP contribution in [0.1, 0.15) is 35.4 Å². The van der Waals surface area contributed by atoms with Gasteiger partial charge in [-0.25, -0.2) is 26.3 Å². The van der Waals surface area contributed by atoms with Gasteiger partial charge in [0, 0.05) is 29.6 Å². The summed E-state index contributed by atoms with van der Waals surface area (Å²) in [6, 6.07) is 1.41. The molecule has 4 rings (SSSR count). The van der Waals surface area contributed by atoms with E-state index in [0.717, 1.165) is 4.68 Å². The molecule has 1 aliphatic carbocycles. The van der Waals surface area contributed by atoms with E-state index in [1.54, 1.807) is 0 Å². The molecule has 2 aromatic heterocycles. The number of alkyl halides is 2. The lowest BCUT2D eigenvalue weighted by Crippen LogP contribution is -2.21. The molecule has 164 valence electrons. The van der Waals surface area contributed by atoms with Gasteiger partial charge in [0.1, 0.15) is 12.2 Å². The lowest BCUT2D eigenvalue weighted by atomic mass is 10.2. The molecule has 0 saturated carbocycles. The first-order valence-corrected chi connectivity index (χ1v) is 9.26. The Balaban J connectivity index is 1.46. The van der Waals surface area contributed by atoms with Crippen LogP contribution in [-0.2, 0) is 30.7 Å². The SMILES string of the molecule is O=C(Cn1nc(C(F)F)c2c1CCC2)Nc1ccn(Cc2c(F)c(F)cc(F)c2F)n1. The second-order valence-electron chi connectivity index (χ2n) is 7.02. The fourth-order valence-electron chi connectivity index (χ4n) is 3.60. The summed E-state index contributed by atoms with van der Waals surface area (Å²) in [6.45, 7) is -0.938. The van der Waals surface area contributed by atoms with Crippen molar-refractivity contribution in [1.29, 1.82) is 0 Å². The third-order valence-electron chi connectivity index (χ3n) is 4.97. The number of hydrogen-bond donors (Lipinski definition) is 1. The van der Waals surface area contributed by atoms with Crippen molar-refractivity contribution in [2.75, 3.05) is 5.32 Å². The predicted molar refractivity (Wildman–Crippen MR) is 95.4 cm³/mol. The molecule has 1 amide bonds. The Labute approximate surface area is 171 Å². The maximum atomic E-state index is 13.8. The molecule has 0 fully saturated rings. The third-order valence-corrected chi connectivity index (χ3v) is 4.97. The van der Waals surface area contributed by atoms with E-state index in [0.29, 0.717) is 30.5 Å². The van der Waals surface area contributed by atoms with E-state index < -0.39 is 47.7 Å². The number of anilines is 1. The molecule has 0 spiro atoms. The molecule has 6 nitrogen and oxygen atoms in total. The number of fused-ring (bicyclic) bond motifs is 1. The van der Waals surface area contributed by atoms with Crippen LogP contribution in [-0.4, -0.2) is 25.5 Å². The normalized spacial score (nSPS) is 13.1. The minimum Gasteiger partial charge on any atom is -0.308 e. The van der Waals surface area contributed by atoms with Gasteiger partial charge in [-0.05, 0) is 19.3 Å². The molecule has 1 N–H and O–H groups in total. The van der Waals surface area contributed by atoms with Gasteiger partial charge in [-0.3, -0.25) is 14.2 Å². The fourth-order valence-corrected chi connectivity index (χ4v) is 3.60. The number of nitrogens with one attached hydrogen (secondary N) is 1. The van der Waals surface area contributed by atoms with Crippen LogP contribution in [0.4, 0.5) is 32.2 Å². The van der Waals surface area contributed by atoms with Crippen LogP contribution >= 0.6 is 0 Å². The number of aromatic nitrogens is 4. The summed E-state index contributed by atoms with van der Waals surface area (Å²) in [4.78, 5) is 12.3. The second-order valence-corrected chi connectivity index (χ2v) is 7.02. The number of hydrogen-bond acceptors (Lipinski definition) is 3. The van der Waals surface area contributed by atoms with Gasteiger partial charge in [0.25, 0.3) is 6.43 Å². The molecule has 1 aromatic carbocycles. The number of benzene rings is 1. The first-order valence-electron chi connectivity index (χ1n) is 9.26. The van der Waals surface area contributed by atoms with Crippen molar-refractivity contribution in [2.24, 2.45) is 0 Å². The largest absolute Gasteiger partial charge is 0.308 e. The number of nitrogens with zero attached hydrogens (tertiary/aromatic N) is 4. The molecule has 0 radical (unpaired) electrons. The van der Waals surface area contributed by atoms with E-state index in [9.17, 15) is 31.1 Å². The van der Waals surface area contributed by atoms with E-state index in [2.05, 4.69) is 15.5 Å². The van der Waals surface area contributed by atoms with Crippen molar-refractivity contribution in [3.05, 3.63) is 64.1 Å². The predicted octanol–water partition coefficient (Wildman–Crippen LogP) is 3.75. The zero-order valence-corrected chi connectivity index (χ0v) is 15.8. The monoisotopic (exact) mass is 443 g/mol. The molecular formula is C19H15F6N5O. The van der Waals surface area contributed by atoms with Gasteiger partial charge in [-0.15, -0.1) is 0 Å². The van der Waals surface area contributed by atoms with Crippen molar-refractivity contribution in [3.63, 3.8) is 0 Å². The van der Waals surface area contributed by atoms with E-state index in [1.807, 2.05) is 0 Å². The Morgan fingerprint density at radius 1 is 1.10 bits per heavy atom. The van der Waals surface area contributed by atoms with Crippen molar-refractivity contribution in [3.8, 4) is 0 Å². The van der Waals surface area contributed by atoms with Crippen molar-refractivity contribution in [2.45, 2.75) is 38.8 Å². The summed E-state index contributed by atoms with van der Waals surface area (Å²) >= 11 is 0. The van der Waals surface area contributed by atoms with Gasteiger partial charge in [-0.1, -0.05) is 0 Å². The molecule has 0 unspecified atom stereocenters. The molecule has 31 heavy (non-hydrogen) atoms. The van der Waals surface area contributed by atoms with Gasteiger partial charge >= 0.3 is 0 Å². The second kappa shape index (κ2) is 8.08. The van der Waals surface area contributed by atoms with Gasteiger partial charge in [-0.2, -0.15) is 10.2 Å². The Bertz CT molecular complexity index is 1130. The summed E-state index contributed by atoms with van der Waals surface area (Å²) < 4.78 is 82.7. The standard InChI is InChI=1S/C19H15F6N5O/c20-11-6-12(21)17(23)10(16(11)22)7-29-5-4-14(27-29)26-15(31)8-30-13-3-1-2-9(13)18(28-30)19(24)25/h4-6,19H,1-3,7-8H2,(H,26,27,31). The summed E-state index contributed by atoms with van der Waals surface area (Å²) in [6.07, 6.45) is 0.234. The van der Waals surface area contributed by atoms with Gasteiger partial charge in [0.2, 0.25) is 5.91 Å². The Morgan fingerprint density at radius 2 is 1.81 bits per heavy atom. The highest BCUT2D eigenvalue weighted by Gasteiger charge is 2.28. The zero-order valence-electron chi connectivity index (χ0n) is 15.8. The van der Waals surface area contributed by atoms with E-state index in [1.165, 1.54) is 16.9 Å².